The fourth-order valence-electron chi connectivity index (χ4n) is 1.43. The zero-order valence-corrected chi connectivity index (χ0v) is 8.77. The van der Waals surface area contributed by atoms with E-state index in [4.69, 9.17) is 10.5 Å². The fourth-order valence-corrected chi connectivity index (χ4v) is 1.43. The van der Waals surface area contributed by atoms with E-state index in [0.717, 1.165) is 0 Å². The summed E-state index contributed by atoms with van der Waals surface area (Å²) in [7, 11) is 1.43. The third-order valence-corrected chi connectivity index (χ3v) is 2.23. The Morgan fingerprint density at radius 3 is 2.69 bits per heavy atom. The number of hydrogen-bond acceptors (Lipinski definition) is 3. The maximum Gasteiger partial charge on any atom is 0.165 e. The van der Waals surface area contributed by atoms with Crippen LogP contribution < -0.4 is 10.5 Å². The minimum Gasteiger partial charge on any atom is -0.494 e. The van der Waals surface area contributed by atoms with Gasteiger partial charge < -0.3 is 10.5 Å². The smallest absolute Gasteiger partial charge is 0.165 e. The number of nitrogen functional groups attached to an aromatic ring is 1. The van der Waals surface area contributed by atoms with Crippen molar-refractivity contribution in [2.45, 2.75) is 0 Å². The zero-order chi connectivity index (χ0) is 11.5. The van der Waals surface area contributed by atoms with E-state index in [0.29, 0.717) is 16.9 Å². The number of nitrogens with zero attached hydrogens (tertiary/aromatic N) is 1. The van der Waals surface area contributed by atoms with Gasteiger partial charge in [-0.25, -0.2) is 4.39 Å². The van der Waals surface area contributed by atoms with Gasteiger partial charge in [0.05, 0.1) is 12.8 Å². The molecule has 0 fully saturated rings. The van der Waals surface area contributed by atoms with E-state index < -0.39 is 5.82 Å². The van der Waals surface area contributed by atoms with Gasteiger partial charge in [-0.3, -0.25) is 4.98 Å². The van der Waals surface area contributed by atoms with Gasteiger partial charge >= 0.3 is 0 Å². The normalized spacial score (nSPS) is 10.1. The van der Waals surface area contributed by atoms with Gasteiger partial charge in [-0.05, 0) is 30.3 Å². The Balaban J connectivity index is 2.45. The Bertz CT molecular complexity index is 514. The first-order chi connectivity index (χ1) is 7.70. The van der Waals surface area contributed by atoms with Crippen LogP contribution in [0.15, 0.2) is 36.5 Å². The van der Waals surface area contributed by atoms with Crippen LogP contribution in [0.5, 0.6) is 5.75 Å². The van der Waals surface area contributed by atoms with Crippen LogP contribution in [0.25, 0.3) is 11.3 Å². The molecule has 3 nitrogen and oxygen atoms in total. The molecule has 0 saturated carbocycles. The summed E-state index contributed by atoms with van der Waals surface area (Å²) in [5.74, 6) is -0.197. The monoisotopic (exact) mass is 218 g/mol. The Kier molecular flexibility index (Phi) is 2.72. The maximum absolute atomic E-state index is 13.5. The first-order valence-electron chi connectivity index (χ1n) is 4.76. The standard InChI is InChI=1S/C12H11FN2O/c1-16-12-3-2-8(6-10(12)13)11-7-9(14)4-5-15-11/h2-7H,1H3,(H2,14,15). The number of halogens is 1. The fraction of sp³-hybridized carbons (Fsp3) is 0.0833. The predicted molar refractivity (Wildman–Crippen MR) is 60.6 cm³/mol. The van der Waals surface area contributed by atoms with Crippen molar-refractivity contribution < 1.29 is 9.13 Å². The highest BCUT2D eigenvalue weighted by atomic mass is 19.1. The molecule has 1 aromatic heterocycles. The zero-order valence-electron chi connectivity index (χ0n) is 8.77. The summed E-state index contributed by atoms with van der Waals surface area (Å²) in [4.78, 5) is 4.12. The number of ether oxygens (including phenoxy) is 1. The van der Waals surface area contributed by atoms with E-state index in [1.54, 1.807) is 30.5 Å². The number of aromatic nitrogens is 1. The Labute approximate surface area is 92.7 Å². The van der Waals surface area contributed by atoms with Crippen LogP contribution in [0.3, 0.4) is 0 Å². The van der Waals surface area contributed by atoms with Crippen LogP contribution in [0, 0.1) is 5.82 Å². The molecule has 16 heavy (non-hydrogen) atoms. The van der Waals surface area contributed by atoms with Crippen LogP contribution in [-0.2, 0) is 0 Å². The largest absolute Gasteiger partial charge is 0.494 e. The summed E-state index contributed by atoms with van der Waals surface area (Å²) in [6.45, 7) is 0. The second-order valence-corrected chi connectivity index (χ2v) is 3.32. The molecule has 2 N–H and O–H groups in total. The van der Waals surface area contributed by atoms with E-state index in [1.807, 2.05) is 0 Å². The molecule has 0 unspecified atom stereocenters. The molecule has 0 spiro atoms. The van der Waals surface area contributed by atoms with E-state index >= 15 is 0 Å². The van der Waals surface area contributed by atoms with Crippen molar-refractivity contribution in [2.75, 3.05) is 12.8 Å². The lowest BCUT2D eigenvalue weighted by molar-refractivity contribution is 0.386. The van der Waals surface area contributed by atoms with Crippen molar-refractivity contribution in [3.8, 4) is 17.0 Å². The van der Waals surface area contributed by atoms with E-state index in [2.05, 4.69) is 4.98 Å². The van der Waals surface area contributed by atoms with Crippen LogP contribution in [0.4, 0.5) is 10.1 Å². The molecule has 4 heteroatoms. The Morgan fingerprint density at radius 1 is 1.25 bits per heavy atom. The van der Waals surface area contributed by atoms with E-state index in [1.165, 1.54) is 13.2 Å². The quantitative estimate of drug-likeness (QED) is 0.842. The minimum absolute atomic E-state index is 0.215. The van der Waals surface area contributed by atoms with Crippen LogP contribution in [0.2, 0.25) is 0 Å². The molecule has 1 aromatic carbocycles. The molecule has 0 aliphatic heterocycles. The van der Waals surface area contributed by atoms with Crippen molar-refractivity contribution in [3.63, 3.8) is 0 Å². The van der Waals surface area contributed by atoms with Crippen molar-refractivity contribution in [2.24, 2.45) is 0 Å². The maximum atomic E-state index is 13.5. The predicted octanol–water partition coefficient (Wildman–Crippen LogP) is 2.48. The van der Waals surface area contributed by atoms with Crippen molar-refractivity contribution in [3.05, 3.63) is 42.3 Å². The summed E-state index contributed by atoms with van der Waals surface area (Å²) in [6.07, 6.45) is 1.59. The highest BCUT2D eigenvalue weighted by Gasteiger charge is 2.06. The molecule has 82 valence electrons. The number of nitrogens with two attached hydrogens (primary N) is 1. The first-order valence-corrected chi connectivity index (χ1v) is 4.76. The van der Waals surface area contributed by atoms with Crippen LogP contribution >= 0.6 is 0 Å². The molecule has 0 aliphatic rings. The number of benzene rings is 1. The highest BCUT2D eigenvalue weighted by Crippen LogP contribution is 2.24. The van der Waals surface area contributed by atoms with E-state index in [-0.39, 0.29) is 5.75 Å². The number of rotatable bonds is 2. The van der Waals surface area contributed by atoms with Gasteiger partial charge in [0.1, 0.15) is 0 Å². The molecule has 0 radical (unpaired) electrons. The molecule has 0 amide bonds. The number of hydrogen-bond donors (Lipinski definition) is 1. The average Bonchev–Trinajstić information content (AvgIpc) is 2.29. The second-order valence-electron chi connectivity index (χ2n) is 3.32. The third-order valence-electron chi connectivity index (χ3n) is 2.23. The van der Waals surface area contributed by atoms with Gasteiger partial charge in [-0.15, -0.1) is 0 Å². The van der Waals surface area contributed by atoms with Gasteiger partial charge in [0.15, 0.2) is 11.6 Å². The molecule has 2 aromatic rings. The molecule has 0 bridgehead atoms. The lowest BCUT2D eigenvalue weighted by Crippen LogP contribution is -1.91. The van der Waals surface area contributed by atoms with Gasteiger partial charge in [0.2, 0.25) is 0 Å². The molecule has 0 atom stereocenters. The van der Waals surface area contributed by atoms with Crippen LogP contribution in [-0.4, -0.2) is 12.1 Å². The molecule has 0 saturated heterocycles. The number of anilines is 1. The Hall–Kier alpha value is -2.10. The SMILES string of the molecule is COc1ccc(-c2cc(N)ccn2)cc1F. The van der Waals surface area contributed by atoms with Crippen molar-refractivity contribution in [1.82, 2.24) is 4.98 Å². The molecule has 2 rings (SSSR count). The Morgan fingerprint density at radius 2 is 2.06 bits per heavy atom. The molecule has 0 aliphatic carbocycles. The lowest BCUT2D eigenvalue weighted by atomic mass is 10.1. The summed E-state index contributed by atoms with van der Waals surface area (Å²) < 4.78 is 18.3. The minimum atomic E-state index is -0.413. The van der Waals surface area contributed by atoms with Gasteiger partial charge in [-0.1, -0.05) is 0 Å². The molecule has 1 heterocycles. The molecular formula is C12H11FN2O. The summed E-state index contributed by atoms with van der Waals surface area (Å²) >= 11 is 0. The second kappa shape index (κ2) is 4.18. The summed E-state index contributed by atoms with van der Waals surface area (Å²) in [5.41, 5.74) is 7.54. The first kappa shape index (κ1) is 10.4. The number of pyridine rings is 1. The average molecular weight is 218 g/mol. The third kappa shape index (κ3) is 1.95. The summed E-state index contributed by atoms with van der Waals surface area (Å²) in [5, 5.41) is 0. The lowest BCUT2D eigenvalue weighted by Gasteiger charge is -2.05. The molecular weight excluding hydrogens is 207 g/mol. The van der Waals surface area contributed by atoms with Crippen molar-refractivity contribution >= 4 is 5.69 Å². The van der Waals surface area contributed by atoms with Crippen molar-refractivity contribution in [1.29, 1.82) is 0 Å². The van der Waals surface area contributed by atoms with Gasteiger partial charge in [0.25, 0.3) is 0 Å². The highest BCUT2D eigenvalue weighted by molar-refractivity contribution is 5.63. The number of methoxy groups -OCH3 is 1. The van der Waals surface area contributed by atoms with Crippen LogP contribution in [0.1, 0.15) is 0 Å². The topological polar surface area (TPSA) is 48.1 Å². The van der Waals surface area contributed by atoms with E-state index in [9.17, 15) is 4.39 Å². The van der Waals surface area contributed by atoms with Gasteiger partial charge in [-0.2, -0.15) is 0 Å². The van der Waals surface area contributed by atoms with Gasteiger partial charge in [0, 0.05) is 17.4 Å². The summed E-state index contributed by atoms with van der Waals surface area (Å²) in [6, 6.07) is 8.06.